The highest BCUT2D eigenvalue weighted by atomic mass is 35.5. The number of hydrogen-bond donors (Lipinski definition) is 0. The van der Waals surface area contributed by atoms with Crippen LogP contribution in [0.4, 0.5) is 0 Å². The number of hydrogen-bond acceptors (Lipinski definition) is 5. The molecule has 0 N–H and O–H groups in total. The molecule has 2 aromatic rings. The van der Waals surface area contributed by atoms with Gasteiger partial charge >= 0.3 is 11.9 Å². The molecule has 120 valence electrons. The number of halogens is 1. The summed E-state index contributed by atoms with van der Waals surface area (Å²) in [7, 11) is 1.32. The van der Waals surface area contributed by atoms with E-state index < -0.39 is 11.9 Å². The number of esters is 2. The molecule has 0 aliphatic rings. The highest BCUT2D eigenvalue weighted by molar-refractivity contribution is 6.32. The molecule has 5 nitrogen and oxygen atoms in total. The van der Waals surface area contributed by atoms with Crippen molar-refractivity contribution in [1.29, 1.82) is 0 Å². The van der Waals surface area contributed by atoms with Crippen molar-refractivity contribution in [1.82, 2.24) is 4.98 Å². The van der Waals surface area contributed by atoms with Gasteiger partial charge in [0.1, 0.15) is 11.8 Å². The smallest absolute Gasteiger partial charge is 0.341 e. The van der Waals surface area contributed by atoms with Crippen molar-refractivity contribution in [3.63, 3.8) is 0 Å². The lowest BCUT2D eigenvalue weighted by Crippen LogP contribution is -2.09. The van der Waals surface area contributed by atoms with Crippen LogP contribution in [0, 0.1) is 13.8 Å². The molecule has 0 amide bonds. The molecule has 1 aromatic heterocycles. The fraction of sp³-hybridized carbons (Fsp3) is 0.235. The molecule has 6 heteroatoms. The zero-order chi connectivity index (χ0) is 17.0. The Hall–Kier alpha value is -2.40. The molecular formula is C17H16ClNO4. The number of ether oxygens (including phenoxy) is 2. The number of methoxy groups -OCH3 is 1. The van der Waals surface area contributed by atoms with Gasteiger partial charge in [-0.1, -0.05) is 23.7 Å². The SMILES string of the molecule is COC(=O)c1ccc(COC(=O)c2c(C)cc(C)nc2Cl)cc1. The van der Waals surface area contributed by atoms with E-state index in [1.54, 1.807) is 44.2 Å². The maximum Gasteiger partial charge on any atom is 0.341 e. The standard InChI is InChI=1S/C17H16ClNO4/c1-10-8-11(2)19-15(18)14(10)17(21)23-9-12-4-6-13(7-5-12)16(20)22-3/h4-8H,9H2,1-3H3. The molecule has 1 aromatic carbocycles. The van der Waals surface area contributed by atoms with Gasteiger partial charge in [0.05, 0.1) is 18.2 Å². The molecule has 0 unspecified atom stereocenters. The molecule has 1 heterocycles. The third kappa shape index (κ3) is 4.07. The summed E-state index contributed by atoms with van der Waals surface area (Å²) >= 11 is 6.02. The summed E-state index contributed by atoms with van der Waals surface area (Å²) in [6.45, 7) is 3.66. The Labute approximate surface area is 139 Å². The van der Waals surface area contributed by atoms with Gasteiger partial charge in [0.25, 0.3) is 0 Å². The number of benzene rings is 1. The first kappa shape index (κ1) is 17.0. The van der Waals surface area contributed by atoms with Crippen molar-refractivity contribution in [3.8, 4) is 0 Å². The van der Waals surface area contributed by atoms with Crippen LogP contribution in [0.15, 0.2) is 30.3 Å². The number of nitrogens with zero attached hydrogens (tertiary/aromatic N) is 1. The van der Waals surface area contributed by atoms with E-state index in [9.17, 15) is 9.59 Å². The van der Waals surface area contributed by atoms with Crippen molar-refractivity contribution >= 4 is 23.5 Å². The van der Waals surface area contributed by atoms with Crippen LogP contribution < -0.4 is 0 Å². The maximum atomic E-state index is 12.2. The minimum atomic E-state index is -0.531. The second-order valence-electron chi connectivity index (χ2n) is 5.01. The van der Waals surface area contributed by atoms with Gasteiger partial charge in [-0.25, -0.2) is 14.6 Å². The summed E-state index contributed by atoms with van der Waals surface area (Å²) in [5.41, 5.74) is 2.91. The third-order valence-corrected chi connectivity index (χ3v) is 3.52. The van der Waals surface area contributed by atoms with Crippen molar-refractivity contribution in [2.75, 3.05) is 7.11 Å². The average Bonchev–Trinajstić information content (AvgIpc) is 2.51. The number of aryl methyl sites for hydroxylation is 2. The summed E-state index contributed by atoms with van der Waals surface area (Å²) in [6, 6.07) is 8.39. The van der Waals surface area contributed by atoms with Gasteiger partial charge in [0.2, 0.25) is 0 Å². The normalized spacial score (nSPS) is 10.3. The highest BCUT2D eigenvalue weighted by Crippen LogP contribution is 2.20. The molecule has 0 aliphatic heterocycles. The number of carbonyl (C=O) groups excluding carboxylic acids is 2. The van der Waals surface area contributed by atoms with E-state index in [1.165, 1.54) is 7.11 Å². The van der Waals surface area contributed by atoms with E-state index in [0.717, 1.165) is 11.3 Å². The molecule has 23 heavy (non-hydrogen) atoms. The van der Waals surface area contributed by atoms with Crippen molar-refractivity contribution in [2.24, 2.45) is 0 Å². The second-order valence-corrected chi connectivity index (χ2v) is 5.37. The maximum absolute atomic E-state index is 12.2. The molecule has 0 spiro atoms. The van der Waals surface area contributed by atoms with Crippen LogP contribution in [0.5, 0.6) is 0 Å². The lowest BCUT2D eigenvalue weighted by Gasteiger charge is -2.09. The number of rotatable bonds is 4. The van der Waals surface area contributed by atoms with E-state index in [-0.39, 0.29) is 17.3 Å². The fourth-order valence-electron chi connectivity index (χ4n) is 2.11. The Morgan fingerprint density at radius 2 is 1.78 bits per heavy atom. The summed E-state index contributed by atoms with van der Waals surface area (Å²) in [5.74, 6) is -0.946. The Morgan fingerprint density at radius 1 is 1.13 bits per heavy atom. The van der Waals surface area contributed by atoms with Gasteiger partial charge in [0, 0.05) is 5.69 Å². The van der Waals surface area contributed by atoms with Crippen molar-refractivity contribution in [2.45, 2.75) is 20.5 Å². The Morgan fingerprint density at radius 3 is 2.35 bits per heavy atom. The molecule has 0 saturated carbocycles. The number of carbonyl (C=O) groups is 2. The average molecular weight is 334 g/mol. The van der Waals surface area contributed by atoms with Gasteiger partial charge in [-0.05, 0) is 43.2 Å². The topological polar surface area (TPSA) is 65.5 Å². The molecule has 0 aliphatic carbocycles. The molecule has 2 rings (SSSR count). The summed E-state index contributed by atoms with van der Waals surface area (Å²) < 4.78 is 9.89. The van der Waals surface area contributed by atoms with E-state index in [2.05, 4.69) is 9.72 Å². The Balaban J connectivity index is 2.06. The minimum absolute atomic E-state index is 0.0733. The van der Waals surface area contributed by atoms with E-state index >= 15 is 0 Å². The van der Waals surface area contributed by atoms with Crippen LogP contribution >= 0.6 is 11.6 Å². The first-order valence-corrected chi connectivity index (χ1v) is 7.28. The van der Waals surface area contributed by atoms with Crippen LogP contribution in [-0.2, 0) is 16.1 Å². The van der Waals surface area contributed by atoms with Gasteiger partial charge in [-0.2, -0.15) is 0 Å². The molecular weight excluding hydrogens is 318 g/mol. The van der Waals surface area contributed by atoms with Crippen LogP contribution in [0.2, 0.25) is 5.15 Å². The number of aromatic nitrogens is 1. The van der Waals surface area contributed by atoms with Crippen LogP contribution in [0.3, 0.4) is 0 Å². The first-order chi connectivity index (χ1) is 10.9. The van der Waals surface area contributed by atoms with Crippen molar-refractivity contribution < 1.29 is 19.1 Å². The minimum Gasteiger partial charge on any atom is -0.465 e. The summed E-state index contributed by atoms with van der Waals surface area (Å²) in [5, 5.41) is 0.133. The summed E-state index contributed by atoms with van der Waals surface area (Å²) in [4.78, 5) is 27.6. The van der Waals surface area contributed by atoms with Crippen LogP contribution in [0.1, 0.15) is 37.5 Å². The first-order valence-electron chi connectivity index (χ1n) is 6.90. The monoisotopic (exact) mass is 333 g/mol. The van der Waals surface area contributed by atoms with Crippen LogP contribution in [-0.4, -0.2) is 24.0 Å². The van der Waals surface area contributed by atoms with E-state index in [4.69, 9.17) is 16.3 Å². The quantitative estimate of drug-likeness (QED) is 0.633. The Kier molecular flexibility index (Phi) is 5.34. The molecule has 0 fully saturated rings. The predicted octanol–water partition coefficient (Wildman–Crippen LogP) is 3.50. The van der Waals surface area contributed by atoms with Gasteiger partial charge in [-0.3, -0.25) is 0 Å². The molecule has 0 bridgehead atoms. The van der Waals surface area contributed by atoms with Gasteiger partial charge < -0.3 is 9.47 Å². The van der Waals surface area contributed by atoms with E-state index in [0.29, 0.717) is 11.1 Å². The lowest BCUT2D eigenvalue weighted by atomic mass is 10.1. The predicted molar refractivity (Wildman–Crippen MR) is 85.6 cm³/mol. The zero-order valence-corrected chi connectivity index (χ0v) is 13.8. The highest BCUT2D eigenvalue weighted by Gasteiger charge is 2.17. The second kappa shape index (κ2) is 7.24. The molecule has 0 saturated heterocycles. The van der Waals surface area contributed by atoms with Crippen LogP contribution in [0.25, 0.3) is 0 Å². The zero-order valence-electron chi connectivity index (χ0n) is 13.1. The van der Waals surface area contributed by atoms with E-state index in [1.807, 2.05) is 0 Å². The third-order valence-electron chi connectivity index (χ3n) is 3.25. The fourth-order valence-corrected chi connectivity index (χ4v) is 2.47. The lowest BCUT2D eigenvalue weighted by molar-refractivity contribution is 0.0470. The Bertz CT molecular complexity index is 718. The summed E-state index contributed by atoms with van der Waals surface area (Å²) in [6.07, 6.45) is 0. The molecule has 0 radical (unpaired) electrons. The number of pyridine rings is 1. The molecule has 0 atom stereocenters. The van der Waals surface area contributed by atoms with Gasteiger partial charge in [-0.15, -0.1) is 0 Å². The largest absolute Gasteiger partial charge is 0.465 e. The van der Waals surface area contributed by atoms with Gasteiger partial charge in [0.15, 0.2) is 0 Å². The van der Waals surface area contributed by atoms with Crippen molar-refractivity contribution in [3.05, 3.63) is 63.4 Å².